The maximum absolute atomic E-state index is 16.0. The Morgan fingerprint density at radius 1 is 1.09 bits per heavy atom. The van der Waals surface area contributed by atoms with E-state index >= 15 is 4.39 Å². The molecule has 0 radical (unpaired) electrons. The molecule has 0 fully saturated rings. The molecule has 1 atom stereocenters. The van der Waals surface area contributed by atoms with Crippen molar-refractivity contribution in [1.29, 1.82) is 0 Å². The Bertz CT molecular complexity index is 2020. The van der Waals surface area contributed by atoms with Gasteiger partial charge in [-0.1, -0.05) is 30.8 Å². The molecule has 238 valence electrons. The minimum Gasteiger partial charge on any atom is -0.490 e. The van der Waals surface area contributed by atoms with Crippen LogP contribution in [-0.4, -0.2) is 65.8 Å². The van der Waals surface area contributed by atoms with Crippen molar-refractivity contribution in [3.8, 4) is 39.5 Å². The van der Waals surface area contributed by atoms with Gasteiger partial charge in [0.25, 0.3) is 0 Å². The van der Waals surface area contributed by atoms with Crippen molar-refractivity contribution in [1.82, 2.24) is 19.7 Å². The Hall–Kier alpha value is -4.18. The first-order valence-corrected chi connectivity index (χ1v) is 18.2. The van der Waals surface area contributed by atoms with E-state index < -0.39 is 18.8 Å². The molecule has 3 aromatic heterocycles. The number of methoxy groups -OCH3 is 1. The Kier molecular flexibility index (Phi) is 8.67. The van der Waals surface area contributed by atoms with Crippen molar-refractivity contribution in [3.05, 3.63) is 83.9 Å². The molecule has 1 aliphatic heterocycles. The van der Waals surface area contributed by atoms with Crippen molar-refractivity contribution in [2.24, 2.45) is 0 Å². The molecular weight excluding hydrogens is 629 g/mol. The molecule has 0 N–H and O–H groups in total. The summed E-state index contributed by atoms with van der Waals surface area (Å²) >= 11 is 1.40. The van der Waals surface area contributed by atoms with E-state index in [2.05, 4.69) is 6.58 Å². The average Bonchev–Trinajstić information content (AvgIpc) is 3.69. The highest BCUT2D eigenvalue weighted by molar-refractivity contribution is 7.70. The van der Waals surface area contributed by atoms with Gasteiger partial charge in [0, 0.05) is 52.3 Å². The number of amides is 1. The predicted octanol–water partition coefficient (Wildman–Crippen LogP) is 7.13. The normalized spacial score (nSPS) is 14.8. The maximum Gasteiger partial charge on any atom is 0.246 e. The summed E-state index contributed by atoms with van der Waals surface area (Å²) < 4.78 is 56.9. The van der Waals surface area contributed by atoms with E-state index in [4.69, 9.17) is 19.6 Å². The summed E-state index contributed by atoms with van der Waals surface area (Å²) in [6.07, 6.45) is 1.30. The van der Waals surface area contributed by atoms with Crippen molar-refractivity contribution in [2.45, 2.75) is 19.5 Å². The van der Waals surface area contributed by atoms with E-state index in [1.165, 1.54) is 24.5 Å². The number of halogens is 2. The second-order valence-corrected chi connectivity index (χ2v) is 15.6. The standard InChI is InChI=1S/C34H33F2N4O4PS/c1-6-29(41)39-12-13-40-27(20(39)2)19-26(38-40)33-31(30-25(36)17-22(35)18-28(30)44-15-14-43-3)34-24(11-16-46-34)32(37-33)21-7-9-23(10-8-21)45(4,5)42/h6-11,16-20H,1,12-15H2,2-5H3/t20-/m1/s1. The predicted molar refractivity (Wildman–Crippen MR) is 178 cm³/mol. The number of pyridine rings is 1. The zero-order valence-electron chi connectivity index (χ0n) is 25.9. The van der Waals surface area contributed by atoms with Gasteiger partial charge < -0.3 is 18.9 Å². The van der Waals surface area contributed by atoms with Crippen LogP contribution >= 0.6 is 18.5 Å². The van der Waals surface area contributed by atoms with Crippen molar-refractivity contribution < 1.29 is 27.6 Å². The lowest BCUT2D eigenvalue weighted by atomic mass is 9.96. The zero-order valence-corrected chi connectivity index (χ0v) is 27.6. The molecule has 1 aliphatic rings. The molecule has 8 nitrogen and oxygen atoms in total. The fraction of sp³-hybridized carbons (Fsp3) is 0.265. The number of carbonyl (C=O) groups is 1. The van der Waals surface area contributed by atoms with Crippen LogP contribution in [0.4, 0.5) is 8.78 Å². The lowest BCUT2D eigenvalue weighted by Gasteiger charge is -2.33. The summed E-state index contributed by atoms with van der Waals surface area (Å²) in [6, 6.07) is 12.9. The summed E-state index contributed by atoms with van der Waals surface area (Å²) in [5.41, 5.74) is 3.54. The van der Waals surface area contributed by atoms with Gasteiger partial charge in [-0.2, -0.15) is 5.10 Å². The van der Waals surface area contributed by atoms with Crippen LogP contribution in [0.25, 0.3) is 43.9 Å². The number of thiophene rings is 1. The first-order chi connectivity index (χ1) is 22.0. The molecule has 0 unspecified atom stereocenters. The van der Waals surface area contributed by atoms with Gasteiger partial charge >= 0.3 is 0 Å². The van der Waals surface area contributed by atoms with Gasteiger partial charge in [-0.05, 0) is 43.8 Å². The first kappa shape index (κ1) is 31.8. The smallest absolute Gasteiger partial charge is 0.246 e. The summed E-state index contributed by atoms with van der Waals surface area (Å²) in [6.45, 7) is 10.2. The van der Waals surface area contributed by atoms with Gasteiger partial charge in [0.15, 0.2) is 0 Å². The number of benzene rings is 2. The second-order valence-electron chi connectivity index (χ2n) is 11.4. The van der Waals surface area contributed by atoms with Crippen LogP contribution in [0.2, 0.25) is 0 Å². The van der Waals surface area contributed by atoms with E-state index in [9.17, 15) is 13.8 Å². The molecule has 0 saturated heterocycles. The van der Waals surface area contributed by atoms with Gasteiger partial charge in [-0.15, -0.1) is 11.3 Å². The Morgan fingerprint density at radius 3 is 2.54 bits per heavy atom. The topological polar surface area (TPSA) is 86.6 Å². The summed E-state index contributed by atoms with van der Waals surface area (Å²) in [7, 11) is -0.965. The third kappa shape index (κ3) is 5.79. The van der Waals surface area contributed by atoms with Gasteiger partial charge in [0.2, 0.25) is 5.91 Å². The van der Waals surface area contributed by atoms with E-state index in [1.807, 2.05) is 53.4 Å². The number of hydrogen-bond donors (Lipinski definition) is 0. The Labute approximate surface area is 269 Å². The number of fused-ring (bicyclic) bond motifs is 2. The van der Waals surface area contributed by atoms with Gasteiger partial charge in [-0.25, -0.2) is 13.8 Å². The summed E-state index contributed by atoms with van der Waals surface area (Å²) in [4.78, 5) is 19.4. The molecular formula is C34H33F2N4O4PS. The monoisotopic (exact) mass is 662 g/mol. The molecule has 12 heteroatoms. The molecule has 0 saturated carbocycles. The van der Waals surface area contributed by atoms with Crippen molar-refractivity contribution >= 4 is 39.8 Å². The average molecular weight is 663 g/mol. The van der Waals surface area contributed by atoms with Crippen LogP contribution in [0.3, 0.4) is 0 Å². The minimum absolute atomic E-state index is 0.0196. The molecule has 4 heterocycles. The SMILES string of the molecule is C=CC(=O)N1CCn2nc(-c3nc(-c4ccc(P(C)(C)=O)cc4)c4ccsc4c3-c3c(F)cc(F)cc3OCCOC)cc2[C@H]1C. The zero-order chi connectivity index (χ0) is 32.7. The highest BCUT2D eigenvalue weighted by Gasteiger charge is 2.31. The van der Waals surface area contributed by atoms with Crippen molar-refractivity contribution in [2.75, 3.05) is 40.2 Å². The Morgan fingerprint density at radius 2 is 1.85 bits per heavy atom. The summed E-state index contributed by atoms with van der Waals surface area (Å²) in [5, 5.41) is 8.31. The third-order valence-corrected chi connectivity index (χ3v) is 10.6. The first-order valence-electron chi connectivity index (χ1n) is 14.7. The fourth-order valence-corrected chi connectivity index (χ4v) is 7.63. The van der Waals surface area contributed by atoms with Crippen LogP contribution in [0.5, 0.6) is 5.75 Å². The molecule has 0 bridgehead atoms. The second kappa shape index (κ2) is 12.5. The van der Waals surface area contributed by atoms with Gasteiger partial charge in [0.05, 0.1) is 36.1 Å². The van der Waals surface area contributed by atoms with Gasteiger partial charge in [0.1, 0.15) is 42.5 Å². The minimum atomic E-state index is -2.48. The van der Waals surface area contributed by atoms with Gasteiger partial charge in [-0.3, -0.25) is 9.48 Å². The molecule has 5 aromatic rings. The van der Waals surface area contributed by atoms with Crippen molar-refractivity contribution in [3.63, 3.8) is 0 Å². The molecule has 0 aliphatic carbocycles. The third-order valence-electron chi connectivity index (χ3n) is 8.14. The maximum atomic E-state index is 16.0. The number of hydrogen-bond acceptors (Lipinski definition) is 7. The largest absolute Gasteiger partial charge is 0.490 e. The lowest BCUT2D eigenvalue weighted by molar-refractivity contribution is -0.129. The fourth-order valence-electron chi connectivity index (χ4n) is 5.82. The van der Waals surface area contributed by atoms with Crippen LogP contribution in [0, 0.1) is 11.6 Å². The number of nitrogens with zero attached hydrogens (tertiary/aromatic N) is 4. The molecule has 6 rings (SSSR count). The highest BCUT2D eigenvalue weighted by Crippen LogP contribution is 2.47. The molecule has 1 amide bonds. The van der Waals surface area contributed by atoms with Crippen LogP contribution in [0.1, 0.15) is 18.7 Å². The van der Waals surface area contributed by atoms with E-state index in [0.29, 0.717) is 40.4 Å². The lowest BCUT2D eigenvalue weighted by Crippen LogP contribution is -2.40. The molecule has 46 heavy (non-hydrogen) atoms. The number of rotatable bonds is 9. The van der Waals surface area contributed by atoms with Crippen LogP contribution in [-0.2, 0) is 20.6 Å². The Balaban J connectivity index is 1.62. The highest BCUT2D eigenvalue weighted by atomic mass is 32.1. The number of ether oxygens (including phenoxy) is 2. The van der Waals surface area contributed by atoms with Crippen LogP contribution < -0.4 is 10.0 Å². The molecule has 2 aromatic carbocycles. The van der Waals surface area contributed by atoms with E-state index in [-0.39, 0.29) is 36.5 Å². The number of aromatic nitrogens is 3. The van der Waals surface area contributed by atoms with E-state index in [1.54, 1.807) is 18.2 Å². The van der Waals surface area contributed by atoms with E-state index in [0.717, 1.165) is 34.1 Å². The van der Waals surface area contributed by atoms with Crippen LogP contribution in [0.15, 0.2) is 66.6 Å². The number of carbonyl (C=O) groups excluding carboxylic acids is 1. The summed E-state index contributed by atoms with van der Waals surface area (Å²) in [5.74, 6) is -1.74. The molecule has 0 spiro atoms. The quantitative estimate of drug-likeness (QED) is 0.0949.